The number of halogens is 3. The molecule has 1 fully saturated rings. The molecule has 4 rings (SSSR count). The molecule has 3 aromatic rings. The van der Waals surface area contributed by atoms with Gasteiger partial charge in [0.15, 0.2) is 0 Å². The highest BCUT2D eigenvalue weighted by molar-refractivity contribution is 7.92. The molecule has 0 aliphatic heterocycles. The molecule has 42 heavy (non-hydrogen) atoms. The summed E-state index contributed by atoms with van der Waals surface area (Å²) >= 11 is 18.8. The van der Waals surface area contributed by atoms with Crippen molar-refractivity contribution < 1.29 is 18.0 Å². The van der Waals surface area contributed by atoms with Crippen molar-refractivity contribution in [1.29, 1.82) is 0 Å². The zero-order valence-electron chi connectivity index (χ0n) is 23.5. The average molecular weight is 651 g/mol. The normalized spacial score (nSPS) is 14.7. The number of hydrogen-bond donors (Lipinski definition) is 1. The summed E-state index contributed by atoms with van der Waals surface area (Å²) in [5, 5.41) is 4.16. The van der Waals surface area contributed by atoms with E-state index in [9.17, 15) is 18.0 Å². The molecule has 0 saturated heterocycles. The average Bonchev–Trinajstić information content (AvgIpc) is 2.95. The maximum absolute atomic E-state index is 14.1. The second-order valence-corrected chi connectivity index (χ2v) is 13.7. The molecule has 1 aliphatic carbocycles. The molecular weight excluding hydrogens is 617 g/mol. The number of hydrogen-bond acceptors (Lipinski definition) is 4. The lowest BCUT2D eigenvalue weighted by Gasteiger charge is -2.33. The van der Waals surface area contributed by atoms with Gasteiger partial charge in [0.2, 0.25) is 11.8 Å². The number of nitrogens with zero attached hydrogens (tertiary/aromatic N) is 2. The highest BCUT2D eigenvalue weighted by Crippen LogP contribution is 2.28. The van der Waals surface area contributed by atoms with Crippen LogP contribution in [0, 0.1) is 6.92 Å². The van der Waals surface area contributed by atoms with Crippen LogP contribution in [-0.4, -0.2) is 43.8 Å². The standard InChI is InChI=1S/C31H34Cl3N3O4S/c1-21-11-15-28(16-12-21)42(40,41)37(27-10-6-7-24(32)17-27)20-30(38)36(19-23-13-14-25(33)18-29(23)34)22(2)31(39)35-26-8-4-3-5-9-26/h6-7,10-18,22,26H,3-5,8-9,19-20H2,1-2H3,(H,35,39)/t22-/m1/s1. The first-order chi connectivity index (χ1) is 20.0. The van der Waals surface area contributed by atoms with Crippen molar-refractivity contribution in [1.82, 2.24) is 10.2 Å². The molecule has 0 radical (unpaired) electrons. The van der Waals surface area contributed by atoms with Crippen LogP contribution in [0.3, 0.4) is 0 Å². The number of nitrogens with one attached hydrogen (secondary N) is 1. The van der Waals surface area contributed by atoms with E-state index in [1.807, 2.05) is 6.92 Å². The Labute approximate surface area is 262 Å². The number of amides is 2. The molecule has 0 heterocycles. The van der Waals surface area contributed by atoms with Gasteiger partial charge in [0.1, 0.15) is 12.6 Å². The number of aryl methyl sites for hydroxylation is 1. The molecule has 1 atom stereocenters. The summed E-state index contributed by atoms with van der Waals surface area (Å²) in [5.74, 6) is -0.890. The Balaban J connectivity index is 1.69. The summed E-state index contributed by atoms with van der Waals surface area (Å²) in [6.07, 6.45) is 4.97. The molecular formula is C31H34Cl3N3O4S. The molecule has 0 unspecified atom stereocenters. The minimum absolute atomic E-state index is 0.0243. The molecule has 0 aromatic heterocycles. The Morgan fingerprint density at radius 3 is 2.24 bits per heavy atom. The zero-order chi connectivity index (χ0) is 30.4. The largest absolute Gasteiger partial charge is 0.352 e. The first kappa shape index (κ1) is 32.1. The van der Waals surface area contributed by atoms with Gasteiger partial charge in [-0.1, -0.05) is 83.9 Å². The van der Waals surface area contributed by atoms with Gasteiger partial charge in [0, 0.05) is 27.7 Å². The molecule has 224 valence electrons. The summed E-state index contributed by atoms with van der Waals surface area (Å²) in [6, 6.07) is 16.7. The smallest absolute Gasteiger partial charge is 0.264 e. The second-order valence-electron chi connectivity index (χ2n) is 10.6. The van der Waals surface area contributed by atoms with E-state index >= 15 is 0 Å². The molecule has 3 aromatic carbocycles. The molecule has 0 bridgehead atoms. The van der Waals surface area contributed by atoms with Crippen LogP contribution in [-0.2, 0) is 26.2 Å². The van der Waals surface area contributed by atoms with Crippen LogP contribution in [0.4, 0.5) is 5.69 Å². The Morgan fingerprint density at radius 1 is 0.929 bits per heavy atom. The van der Waals surface area contributed by atoms with Crippen LogP contribution >= 0.6 is 34.8 Å². The lowest BCUT2D eigenvalue weighted by Crippen LogP contribution is -2.53. The fourth-order valence-electron chi connectivity index (χ4n) is 4.98. The number of benzene rings is 3. The molecule has 7 nitrogen and oxygen atoms in total. The van der Waals surface area contributed by atoms with Gasteiger partial charge in [-0.25, -0.2) is 8.42 Å². The van der Waals surface area contributed by atoms with Crippen LogP contribution < -0.4 is 9.62 Å². The quantitative estimate of drug-likeness (QED) is 0.256. The highest BCUT2D eigenvalue weighted by Gasteiger charge is 2.33. The SMILES string of the molecule is Cc1ccc(S(=O)(=O)N(CC(=O)N(Cc2ccc(Cl)cc2Cl)[C@H](C)C(=O)NC2CCCCC2)c2cccc(Cl)c2)cc1. The van der Waals surface area contributed by atoms with Crippen molar-refractivity contribution in [2.24, 2.45) is 0 Å². The van der Waals surface area contributed by atoms with E-state index in [0.717, 1.165) is 42.0 Å². The number of rotatable bonds is 10. The first-order valence-electron chi connectivity index (χ1n) is 13.8. The molecule has 0 spiro atoms. The summed E-state index contributed by atoms with van der Waals surface area (Å²) in [5.41, 5.74) is 1.69. The predicted molar refractivity (Wildman–Crippen MR) is 169 cm³/mol. The van der Waals surface area contributed by atoms with Crippen molar-refractivity contribution in [3.05, 3.63) is 92.9 Å². The Kier molecular flexibility index (Phi) is 10.8. The van der Waals surface area contributed by atoms with Crippen LogP contribution in [0.1, 0.15) is 50.2 Å². The number of anilines is 1. The number of carbonyl (C=O) groups is 2. The van der Waals surface area contributed by atoms with E-state index in [1.54, 1.807) is 55.5 Å². The minimum atomic E-state index is -4.19. The minimum Gasteiger partial charge on any atom is -0.352 e. The lowest BCUT2D eigenvalue weighted by molar-refractivity contribution is -0.139. The maximum Gasteiger partial charge on any atom is 0.264 e. The molecule has 1 aliphatic rings. The summed E-state index contributed by atoms with van der Waals surface area (Å²) < 4.78 is 28.9. The maximum atomic E-state index is 14.1. The third-order valence-electron chi connectivity index (χ3n) is 7.46. The Morgan fingerprint density at radius 2 is 1.60 bits per heavy atom. The van der Waals surface area contributed by atoms with Gasteiger partial charge in [0.25, 0.3) is 10.0 Å². The van der Waals surface area contributed by atoms with Gasteiger partial charge in [-0.3, -0.25) is 13.9 Å². The van der Waals surface area contributed by atoms with Crippen molar-refractivity contribution in [3.63, 3.8) is 0 Å². The van der Waals surface area contributed by atoms with Gasteiger partial charge in [-0.15, -0.1) is 0 Å². The van der Waals surface area contributed by atoms with Gasteiger partial charge in [-0.2, -0.15) is 0 Å². The topological polar surface area (TPSA) is 86.8 Å². The number of sulfonamides is 1. The lowest BCUT2D eigenvalue weighted by atomic mass is 9.95. The Hall–Kier alpha value is -2.78. The van der Waals surface area contributed by atoms with Gasteiger partial charge >= 0.3 is 0 Å². The number of carbonyl (C=O) groups excluding carboxylic acids is 2. The summed E-state index contributed by atoms with van der Waals surface area (Å²) in [6.45, 7) is 2.90. The molecule has 11 heteroatoms. The van der Waals surface area contributed by atoms with Gasteiger partial charge in [0.05, 0.1) is 10.6 Å². The molecule has 1 N–H and O–H groups in total. The van der Waals surface area contributed by atoms with Crippen molar-refractivity contribution in [3.8, 4) is 0 Å². The van der Waals surface area contributed by atoms with Crippen molar-refractivity contribution >= 4 is 62.3 Å². The van der Waals surface area contributed by atoms with Crippen LogP contribution in [0.5, 0.6) is 0 Å². The van der Waals surface area contributed by atoms with E-state index in [0.29, 0.717) is 20.6 Å². The van der Waals surface area contributed by atoms with Crippen molar-refractivity contribution in [2.45, 2.75) is 69.5 Å². The highest BCUT2D eigenvalue weighted by atomic mass is 35.5. The summed E-state index contributed by atoms with van der Waals surface area (Å²) in [4.78, 5) is 28.9. The van der Waals surface area contributed by atoms with E-state index in [-0.39, 0.29) is 29.1 Å². The van der Waals surface area contributed by atoms with E-state index < -0.39 is 28.5 Å². The molecule has 2 amide bonds. The van der Waals surface area contributed by atoms with Crippen LogP contribution in [0.25, 0.3) is 0 Å². The van der Waals surface area contributed by atoms with Gasteiger partial charge < -0.3 is 10.2 Å². The Bertz CT molecular complexity index is 1530. The fourth-order valence-corrected chi connectivity index (χ4v) is 7.04. The predicted octanol–water partition coefficient (Wildman–Crippen LogP) is 7.02. The fraction of sp³-hybridized carbons (Fsp3) is 0.355. The van der Waals surface area contributed by atoms with Gasteiger partial charge in [-0.05, 0) is 74.7 Å². The second kappa shape index (κ2) is 14.1. The molecule has 1 saturated carbocycles. The van der Waals surface area contributed by atoms with Crippen molar-refractivity contribution in [2.75, 3.05) is 10.8 Å². The summed E-state index contributed by atoms with van der Waals surface area (Å²) in [7, 11) is -4.19. The van der Waals surface area contributed by atoms with E-state index in [2.05, 4.69) is 5.32 Å². The third-order valence-corrected chi connectivity index (χ3v) is 10.1. The monoisotopic (exact) mass is 649 g/mol. The van der Waals surface area contributed by atoms with Crippen LogP contribution in [0.2, 0.25) is 15.1 Å². The van der Waals surface area contributed by atoms with E-state index in [1.165, 1.54) is 23.1 Å². The van der Waals surface area contributed by atoms with E-state index in [4.69, 9.17) is 34.8 Å². The first-order valence-corrected chi connectivity index (χ1v) is 16.4. The zero-order valence-corrected chi connectivity index (χ0v) is 26.6. The third kappa shape index (κ3) is 7.98. The van der Waals surface area contributed by atoms with Crippen LogP contribution in [0.15, 0.2) is 71.6 Å².